The maximum absolute atomic E-state index is 12.1. The van der Waals surface area contributed by atoms with Crippen LogP contribution in [0.25, 0.3) is 0 Å². The van der Waals surface area contributed by atoms with Crippen LogP contribution in [0.3, 0.4) is 0 Å². The SMILES string of the molecule is Cc1ccoc1CNC(=O)NC(CCC(=O)O)Cc1ccccc1. The minimum absolute atomic E-state index is 0.00900. The summed E-state index contributed by atoms with van der Waals surface area (Å²) in [6.07, 6.45) is 2.54. The van der Waals surface area contributed by atoms with Crippen LogP contribution in [0.5, 0.6) is 0 Å². The molecule has 1 unspecified atom stereocenters. The maximum Gasteiger partial charge on any atom is 0.315 e. The van der Waals surface area contributed by atoms with E-state index in [4.69, 9.17) is 9.52 Å². The minimum atomic E-state index is -0.874. The van der Waals surface area contributed by atoms with Gasteiger partial charge in [0.1, 0.15) is 5.76 Å². The molecule has 6 nitrogen and oxygen atoms in total. The van der Waals surface area contributed by atoms with Crippen LogP contribution in [0, 0.1) is 6.92 Å². The lowest BCUT2D eigenvalue weighted by molar-refractivity contribution is -0.137. The summed E-state index contributed by atoms with van der Waals surface area (Å²) in [5.41, 5.74) is 2.03. The molecule has 0 spiro atoms. The van der Waals surface area contributed by atoms with E-state index in [0.717, 1.165) is 11.1 Å². The van der Waals surface area contributed by atoms with Crippen molar-refractivity contribution in [2.24, 2.45) is 0 Å². The number of furan rings is 1. The van der Waals surface area contributed by atoms with Crippen LogP contribution in [-0.2, 0) is 17.8 Å². The Labute approximate surface area is 140 Å². The normalized spacial score (nSPS) is 11.7. The van der Waals surface area contributed by atoms with Crippen molar-refractivity contribution >= 4 is 12.0 Å². The molecule has 2 rings (SSSR count). The number of amides is 2. The third kappa shape index (κ3) is 5.79. The molecule has 0 aliphatic carbocycles. The number of rotatable bonds is 8. The summed E-state index contributed by atoms with van der Waals surface area (Å²) in [6.45, 7) is 2.20. The monoisotopic (exact) mass is 330 g/mol. The van der Waals surface area contributed by atoms with Crippen LogP contribution in [0.15, 0.2) is 47.1 Å². The Kier molecular flexibility index (Phi) is 6.42. The van der Waals surface area contributed by atoms with E-state index in [9.17, 15) is 9.59 Å². The molecule has 2 aromatic rings. The van der Waals surface area contributed by atoms with Gasteiger partial charge in [0.05, 0.1) is 12.8 Å². The predicted molar refractivity (Wildman–Crippen MR) is 89.6 cm³/mol. The molecule has 0 bridgehead atoms. The molecule has 1 atom stereocenters. The fourth-order valence-corrected chi connectivity index (χ4v) is 2.40. The number of carbonyl (C=O) groups excluding carboxylic acids is 1. The first-order chi connectivity index (χ1) is 11.5. The number of carbonyl (C=O) groups is 2. The largest absolute Gasteiger partial charge is 0.481 e. The predicted octanol–water partition coefficient (Wildman–Crippen LogP) is 2.86. The van der Waals surface area contributed by atoms with Crippen LogP contribution < -0.4 is 10.6 Å². The quantitative estimate of drug-likeness (QED) is 0.694. The molecular weight excluding hydrogens is 308 g/mol. The third-order valence-electron chi connectivity index (χ3n) is 3.74. The number of carboxylic acids is 1. The molecule has 6 heteroatoms. The van der Waals surface area contributed by atoms with E-state index in [1.807, 2.05) is 43.3 Å². The minimum Gasteiger partial charge on any atom is -0.481 e. The second kappa shape index (κ2) is 8.76. The molecular formula is C18H22N2O4. The summed E-state index contributed by atoms with van der Waals surface area (Å²) in [7, 11) is 0. The molecule has 2 amide bonds. The Morgan fingerprint density at radius 2 is 1.96 bits per heavy atom. The highest BCUT2D eigenvalue weighted by atomic mass is 16.4. The van der Waals surface area contributed by atoms with Gasteiger partial charge in [0.2, 0.25) is 0 Å². The Bertz CT molecular complexity index is 667. The number of nitrogens with one attached hydrogen (secondary N) is 2. The standard InChI is InChI=1S/C18H22N2O4/c1-13-9-10-24-16(13)12-19-18(23)20-15(7-8-17(21)22)11-14-5-3-2-4-6-14/h2-6,9-10,15H,7-8,11-12H2,1H3,(H,21,22)(H2,19,20,23). The number of aliphatic carboxylic acids is 1. The van der Waals surface area contributed by atoms with Gasteiger partial charge in [0.15, 0.2) is 0 Å². The fourth-order valence-electron chi connectivity index (χ4n) is 2.40. The number of carboxylic acid groups (broad SMARTS) is 1. The van der Waals surface area contributed by atoms with Gasteiger partial charge in [-0.3, -0.25) is 4.79 Å². The lowest BCUT2D eigenvalue weighted by Crippen LogP contribution is -2.43. The zero-order chi connectivity index (χ0) is 17.4. The molecule has 128 valence electrons. The second-order valence-electron chi connectivity index (χ2n) is 5.67. The van der Waals surface area contributed by atoms with Gasteiger partial charge in [-0.25, -0.2) is 4.79 Å². The van der Waals surface area contributed by atoms with E-state index < -0.39 is 5.97 Å². The van der Waals surface area contributed by atoms with E-state index in [1.165, 1.54) is 0 Å². The highest BCUT2D eigenvalue weighted by molar-refractivity contribution is 5.74. The fraction of sp³-hybridized carbons (Fsp3) is 0.333. The summed E-state index contributed by atoms with van der Waals surface area (Å²) < 4.78 is 5.27. The van der Waals surface area contributed by atoms with Gasteiger partial charge < -0.3 is 20.2 Å². The van der Waals surface area contributed by atoms with Crippen LogP contribution in [0.1, 0.15) is 29.7 Å². The lowest BCUT2D eigenvalue weighted by atomic mass is 10.0. The molecule has 1 heterocycles. The van der Waals surface area contributed by atoms with E-state index >= 15 is 0 Å². The van der Waals surface area contributed by atoms with E-state index in [-0.39, 0.29) is 18.5 Å². The Morgan fingerprint density at radius 1 is 1.21 bits per heavy atom. The van der Waals surface area contributed by atoms with Gasteiger partial charge in [-0.15, -0.1) is 0 Å². The molecule has 0 aliphatic rings. The van der Waals surface area contributed by atoms with Crippen LogP contribution >= 0.6 is 0 Å². The Balaban J connectivity index is 1.89. The zero-order valence-corrected chi connectivity index (χ0v) is 13.6. The first kappa shape index (κ1) is 17.6. The van der Waals surface area contributed by atoms with Gasteiger partial charge in [-0.05, 0) is 37.0 Å². The average molecular weight is 330 g/mol. The maximum atomic E-state index is 12.1. The van der Waals surface area contributed by atoms with E-state index in [1.54, 1.807) is 6.26 Å². The second-order valence-corrected chi connectivity index (χ2v) is 5.67. The highest BCUT2D eigenvalue weighted by Crippen LogP contribution is 2.09. The summed E-state index contributed by atoms with van der Waals surface area (Å²) in [6, 6.07) is 10.9. The molecule has 24 heavy (non-hydrogen) atoms. The zero-order valence-electron chi connectivity index (χ0n) is 13.6. The smallest absolute Gasteiger partial charge is 0.315 e. The van der Waals surface area contributed by atoms with Crippen molar-refractivity contribution in [2.45, 2.75) is 38.8 Å². The topological polar surface area (TPSA) is 91.6 Å². The number of benzene rings is 1. The number of urea groups is 1. The number of hydrogen-bond donors (Lipinski definition) is 3. The van der Waals surface area contributed by atoms with Crippen LogP contribution in [-0.4, -0.2) is 23.1 Å². The van der Waals surface area contributed by atoms with Crippen molar-refractivity contribution < 1.29 is 19.1 Å². The van der Waals surface area contributed by atoms with Gasteiger partial charge in [-0.2, -0.15) is 0 Å². The Hall–Kier alpha value is -2.76. The summed E-state index contributed by atoms with van der Waals surface area (Å²) in [5.74, 6) is -0.170. The average Bonchev–Trinajstić information content (AvgIpc) is 2.97. The van der Waals surface area contributed by atoms with Crippen molar-refractivity contribution in [1.29, 1.82) is 0 Å². The highest BCUT2D eigenvalue weighted by Gasteiger charge is 2.15. The molecule has 0 aliphatic heterocycles. The third-order valence-corrected chi connectivity index (χ3v) is 3.74. The summed E-state index contributed by atoms with van der Waals surface area (Å²) in [5, 5.41) is 14.5. The number of aryl methyl sites for hydroxylation is 1. The first-order valence-corrected chi connectivity index (χ1v) is 7.87. The van der Waals surface area contributed by atoms with Gasteiger partial charge in [-0.1, -0.05) is 30.3 Å². The van der Waals surface area contributed by atoms with Crippen molar-refractivity contribution in [3.63, 3.8) is 0 Å². The molecule has 1 aromatic heterocycles. The van der Waals surface area contributed by atoms with E-state index in [2.05, 4.69) is 10.6 Å². The van der Waals surface area contributed by atoms with Gasteiger partial charge in [0.25, 0.3) is 0 Å². The van der Waals surface area contributed by atoms with E-state index in [0.29, 0.717) is 25.1 Å². The van der Waals surface area contributed by atoms with Gasteiger partial charge in [0, 0.05) is 12.5 Å². The van der Waals surface area contributed by atoms with Crippen LogP contribution in [0.4, 0.5) is 4.79 Å². The van der Waals surface area contributed by atoms with Gasteiger partial charge >= 0.3 is 12.0 Å². The van der Waals surface area contributed by atoms with Crippen molar-refractivity contribution in [3.8, 4) is 0 Å². The number of hydrogen-bond acceptors (Lipinski definition) is 3. The Morgan fingerprint density at radius 3 is 2.58 bits per heavy atom. The summed E-state index contributed by atoms with van der Waals surface area (Å²) >= 11 is 0. The van der Waals surface area contributed by atoms with Crippen molar-refractivity contribution in [1.82, 2.24) is 10.6 Å². The van der Waals surface area contributed by atoms with Crippen LogP contribution in [0.2, 0.25) is 0 Å². The lowest BCUT2D eigenvalue weighted by Gasteiger charge is -2.18. The first-order valence-electron chi connectivity index (χ1n) is 7.87. The van der Waals surface area contributed by atoms with Crippen molar-refractivity contribution in [2.75, 3.05) is 0 Å². The molecule has 1 aromatic carbocycles. The van der Waals surface area contributed by atoms with Crippen molar-refractivity contribution in [3.05, 3.63) is 59.5 Å². The molecule has 3 N–H and O–H groups in total. The molecule has 0 fully saturated rings. The summed E-state index contributed by atoms with van der Waals surface area (Å²) in [4.78, 5) is 22.9. The molecule has 0 saturated heterocycles. The molecule has 0 saturated carbocycles. The molecule has 0 radical (unpaired) electrons.